The normalized spacial score (nSPS) is 34.6. The molecule has 2 aromatic carbocycles. The van der Waals surface area contributed by atoms with Crippen molar-refractivity contribution in [1.29, 1.82) is 0 Å². The Morgan fingerprint density at radius 3 is 2.23 bits per heavy atom. The van der Waals surface area contributed by atoms with E-state index in [1.807, 2.05) is 5.01 Å². The molecule has 6 N–H and O–H groups in total. The van der Waals surface area contributed by atoms with Crippen molar-refractivity contribution >= 4 is 40.3 Å². The quantitative estimate of drug-likeness (QED) is 0.105. The lowest BCUT2D eigenvalue weighted by molar-refractivity contribution is -0.160. The molecule has 2 aromatic rings. The number of benzene rings is 2. The van der Waals surface area contributed by atoms with E-state index in [1.54, 1.807) is 39.8 Å². The minimum Gasteiger partial charge on any atom is -0.507 e. The van der Waals surface area contributed by atoms with Crippen molar-refractivity contribution in [3.05, 3.63) is 52.8 Å². The number of rotatable bonds is 4. The van der Waals surface area contributed by atoms with Crippen LogP contribution in [0, 0.1) is 30.6 Å². The molecule has 1 amide bonds. The zero-order chi connectivity index (χ0) is 44.8. The Labute approximate surface area is 356 Å². The molecule has 0 spiro atoms. The number of amides is 1. The number of nitrogens with zero attached hydrogens (tertiary/aromatic N) is 3. The molecule has 0 radical (unpaired) electrons. The second kappa shape index (κ2) is 17.7. The van der Waals surface area contributed by atoms with Gasteiger partial charge in [-0.2, -0.15) is 5.10 Å². The van der Waals surface area contributed by atoms with Gasteiger partial charge in [-0.1, -0.05) is 45.9 Å². The number of methoxy groups -OCH3 is 1. The average Bonchev–Trinajstić information content (AvgIpc) is 3.58. The third-order valence-electron chi connectivity index (χ3n) is 13.2. The predicted molar refractivity (Wildman–Crippen MR) is 228 cm³/mol. The molecule has 0 aliphatic carbocycles. The number of carbonyl (C=O) groups is 3. The molecule has 332 valence electrons. The zero-order valence-electron chi connectivity index (χ0n) is 36.5. The molecular weight excluding hydrogens is 789 g/mol. The first-order valence-electron chi connectivity index (χ1n) is 20.8. The van der Waals surface area contributed by atoms with Crippen LogP contribution in [0.1, 0.15) is 82.8 Å². The lowest BCUT2D eigenvalue weighted by atomic mass is 9.78. The van der Waals surface area contributed by atoms with Crippen LogP contribution in [-0.4, -0.2) is 129 Å². The number of phenols is 3. The van der Waals surface area contributed by atoms with Crippen LogP contribution in [0.5, 0.6) is 23.0 Å². The molecular formula is C45H60N4O12. The fourth-order valence-corrected chi connectivity index (χ4v) is 9.20. The first-order valence-corrected chi connectivity index (χ1v) is 20.8. The highest BCUT2D eigenvalue weighted by atomic mass is 16.7. The molecule has 5 aliphatic rings. The van der Waals surface area contributed by atoms with E-state index in [1.165, 1.54) is 59.4 Å². The number of carbonyl (C=O) groups excluding carboxylic acids is 3. The number of phenolic OH excluding ortho intramolecular Hbond substituents is 3. The van der Waals surface area contributed by atoms with Crippen molar-refractivity contribution in [2.45, 2.75) is 111 Å². The summed E-state index contributed by atoms with van der Waals surface area (Å²) in [5, 5.41) is 67.5. The van der Waals surface area contributed by atoms with Gasteiger partial charge in [-0.25, -0.2) is 0 Å². The maximum Gasteiger partial charge on any atom is 0.312 e. The highest BCUT2D eigenvalue weighted by molar-refractivity contribution is 6.23. The van der Waals surface area contributed by atoms with Crippen LogP contribution in [0.3, 0.4) is 0 Å². The summed E-state index contributed by atoms with van der Waals surface area (Å²) in [5.74, 6) is -8.29. The molecule has 11 atom stereocenters. The number of hydrogen-bond donors (Lipinski definition) is 6. The number of anilines is 1. The van der Waals surface area contributed by atoms with E-state index in [-0.39, 0.29) is 56.6 Å². The minimum absolute atomic E-state index is 0.0610. The lowest BCUT2D eigenvalue weighted by Crippen LogP contribution is -2.49. The van der Waals surface area contributed by atoms with Gasteiger partial charge >= 0.3 is 11.8 Å². The summed E-state index contributed by atoms with van der Waals surface area (Å²) in [4.78, 5) is 43.0. The molecule has 7 bridgehead atoms. The van der Waals surface area contributed by atoms with Crippen LogP contribution in [-0.2, 0) is 23.8 Å². The highest BCUT2D eigenvalue weighted by Crippen LogP contribution is 2.55. The molecule has 7 rings (SSSR count). The number of nitrogens with one attached hydrogen (secondary N) is 1. The number of esters is 1. The van der Waals surface area contributed by atoms with Gasteiger partial charge in [0.25, 0.3) is 11.7 Å². The minimum atomic E-state index is -2.04. The second-order valence-corrected chi connectivity index (χ2v) is 17.3. The molecule has 2 saturated heterocycles. The topological polar surface area (TPSA) is 220 Å². The van der Waals surface area contributed by atoms with Gasteiger partial charge in [-0.15, -0.1) is 0 Å². The van der Waals surface area contributed by atoms with Crippen LogP contribution >= 0.6 is 0 Å². The van der Waals surface area contributed by atoms with Gasteiger partial charge < -0.3 is 49.8 Å². The highest BCUT2D eigenvalue weighted by Gasteiger charge is 2.50. The number of Topliss-reactive ketones (excluding diaryl/α,β-unsaturated/α-hetero) is 1. The van der Waals surface area contributed by atoms with Crippen molar-refractivity contribution in [3.8, 4) is 23.0 Å². The monoisotopic (exact) mass is 848 g/mol. The van der Waals surface area contributed by atoms with Gasteiger partial charge in [0.1, 0.15) is 23.4 Å². The number of ketones is 1. The lowest BCUT2D eigenvalue weighted by Gasteiger charge is -2.38. The molecule has 5 heterocycles. The van der Waals surface area contributed by atoms with Crippen molar-refractivity contribution < 1.29 is 58.9 Å². The second-order valence-electron chi connectivity index (χ2n) is 17.3. The number of hydrazone groups is 1. The predicted octanol–water partition coefficient (Wildman–Crippen LogP) is 4.87. The van der Waals surface area contributed by atoms with E-state index in [2.05, 4.69) is 17.3 Å². The van der Waals surface area contributed by atoms with Crippen LogP contribution in [0.15, 0.2) is 41.2 Å². The summed E-state index contributed by atoms with van der Waals surface area (Å²) >= 11 is 0. The number of aliphatic hydroxyl groups is 2. The molecule has 61 heavy (non-hydrogen) atoms. The van der Waals surface area contributed by atoms with Gasteiger partial charge in [-0.05, 0) is 39.8 Å². The molecule has 5 aliphatic heterocycles. The summed E-state index contributed by atoms with van der Waals surface area (Å²) in [6, 6.07) is 0.556. The Hall–Kier alpha value is -5.16. The number of allylic oxidation sites excluding steroid dienone is 2. The number of fused-ring (bicyclic) bond motifs is 16. The van der Waals surface area contributed by atoms with E-state index in [9.17, 15) is 39.9 Å². The number of hydrogen-bond acceptors (Lipinski definition) is 15. The fraction of sp³-hybridized carbons (Fsp3) is 0.556. The molecule has 16 nitrogen and oxygen atoms in total. The average molecular weight is 849 g/mol. The summed E-state index contributed by atoms with van der Waals surface area (Å²) in [7, 11) is 3.52. The third-order valence-corrected chi connectivity index (χ3v) is 13.2. The third kappa shape index (κ3) is 8.42. The number of ether oxygens (including phenoxy) is 4. The SMILES string of the molecule is COC1/C=C\OC2(C)Oc3c(C)c(O)c4c(O)c(c(/C=N\N5CC6CCC(C5)N6C)c(O)c4c3C2=O)NC(=O)/C(C)=C\C=C/C(C)C(O)C(C)C(O)C(C)C(OC(C)=O)C1C. The van der Waals surface area contributed by atoms with Gasteiger partial charge in [0, 0.05) is 73.2 Å². The summed E-state index contributed by atoms with van der Waals surface area (Å²) in [6.07, 6.45) is 6.96. The maximum atomic E-state index is 14.5. The molecule has 2 fully saturated rings. The van der Waals surface area contributed by atoms with Crippen LogP contribution in [0.4, 0.5) is 5.69 Å². The Morgan fingerprint density at radius 2 is 1.61 bits per heavy atom. The van der Waals surface area contributed by atoms with Crippen molar-refractivity contribution in [1.82, 2.24) is 9.91 Å². The number of likely N-dealkylation sites (N-methyl/N-ethyl adjacent to an activating group) is 1. The van der Waals surface area contributed by atoms with E-state index in [0.29, 0.717) is 13.1 Å². The van der Waals surface area contributed by atoms with E-state index in [0.717, 1.165) is 12.8 Å². The van der Waals surface area contributed by atoms with Crippen LogP contribution < -0.4 is 10.1 Å². The Bertz CT molecular complexity index is 2170. The number of piperazine rings is 1. The Kier molecular flexibility index (Phi) is 13.1. The van der Waals surface area contributed by atoms with Crippen LogP contribution in [0.25, 0.3) is 10.8 Å². The molecule has 0 aromatic heterocycles. The van der Waals surface area contributed by atoms with Crippen molar-refractivity contribution in [3.63, 3.8) is 0 Å². The largest absolute Gasteiger partial charge is 0.507 e. The number of aliphatic hydroxyl groups excluding tert-OH is 2. The summed E-state index contributed by atoms with van der Waals surface area (Å²) < 4.78 is 23.7. The van der Waals surface area contributed by atoms with Gasteiger partial charge in [0.05, 0.1) is 66.1 Å². The Morgan fingerprint density at radius 1 is 0.951 bits per heavy atom. The first kappa shape index (κ1) is 45.4. The zero-order valence-corrected chi connectivity index (χ0v) is 36.5. The molecule has 0 saturated carbocycles. The maximum absolute atomic E-state index is 14.5. The molecule has 11 unspecified atom stereocenters. The van der Waals surface area contributed by atoms with Crippen molar-refractivity contribution in [2.24, 2.45) is 28.8 Å². The van der Waals surface area contributed by atoms with E-state index in [4.69, 9.17) is 24.0 Å². The standard InChI is InChI=1S/C45H60N4O12/c1-21-12-11-13-22(2)44(57)47-35-30(18-46-49-19-28-14-15-29(20-49)48(28)9)39(54)32-33(40(35)55)38(53)26(6)42-34(32)43(56)45(8,61-42)59-17-16-31(58-10)23(3)41(60-27(7)50)25(5)37(52)24(4)36(21)51/h11-13,16-18,21,23-25,28-29,31,36-37,41,51-55H,14-15,19-20H2,1-10H3,(H,47,57)/b12-11-,17-16-,22-13-,46-18-. The van der Waals surface area contributed by atoms with Crippen molar-refractivity contribution in [2.75, 3.05) is 32.6 Å². The van der Waals surface area contributed by atoms with E-state index < -0.39 is 88.8 Å². The Balaban J connectivity index is 1.51. The van der Waals surface area contributed by atoms with Crippen LogP contribution in [0.2, 0.25) is 0 Å². The summed E-state index contributed by atoms with van der Waals surface area (Å²) in [5.41, 5.74) is -0.303. The van der Waals surface area contributed by atoms with Gasteiger partial charge in [-0.3, -0.25) is 24.3 Å². The fourth-order valence-electron chi connectivity index (χ4n) is 9.20. The number of aromatic hydroxyl groups is 3. The smallest absolute Gasteiger partial charge is 0.312 e. The van der Waals surface area contributed by atoms with Gasteiger partial charge in [0.2, 0.25) is 0 Å². The first-order chi connectivity index (χ1) is 28.7. The molecule has 16 heteroatoms. The van der Waals surface area contributed by atoms with E-state index >= 15 is 0 Å². The summed E-state index contributed by atoms with van der Waals surface area (Å²) in [6.45, 7) is 13.8. The van der Waals surface area contributed by atoms with Gasteiger partial charge in [0.15, 0.2) is 5.75 Å².